The van der Waals surface area contributed by atoms with E-state index >= 15 is 0 Å². The van der Waals surface area contributed by atoms with Gasteiger partial charge < -0.3 is 14.3 Å². The first kappa shape index (κ1) is 21.5. The second-order valence-electron chi connectivity index (χ2n) is 8.37. The number of ether oxygens (including phenoxy) is 1. The lowest BCUT2D eigenvalue weighted by Crippen LogP contribution is -2.29. The van der Waals surface area contributed by atoms with Gasteiger partial charge in [-0.15, -0.1) is 0 Å². The van der Waals surface area contributed by atoms with Crippen LogP contribution in [0.3, 0.4) is 0 Å². The molecule has 1 aliphatic heterocycles. The molecule has 0 bridgehead atoms. The van der Waals surface area contributed by atoms with E-state index in [2.05, 4.69) is 0 Å². The number of ketones is 1. The fourth-order valence-electron chi connectivity index (χ4n) is 4.33. The molecule has 2 heterocycles. The van der Waals surface area contributed by atoms with E-state index in [9.17, 15) is 14.7 Å². The minimum atomic E-state index is -0.910. The molecule has 6 nitrogen and oxygen atoms in total. The fraction of sp³-hybridized carbons (Fsp3) is 0.143. The summed E-state index contributed by atoms with van der Waals surface area (Å²) in [7, 11) is 0. The van der Waals surface area contributed by atoms with Crippen molar-refractivity contribution in [2.45, 2.75) is 26.0 Å². The van der Waals surface area contributed by atoms with Gasteiger partial charge in [-0.3, -0.25) is 14.5 Å². The minimum Gasteiger partial charge on any atom is -0.507 e. The van der Waals surface area contributed by atoms with Gasteiger partial charge in [0.2, 0.25) is 0 Å². The summed E-state index contributed by atoms with van der Waals surface area (Å²) < 4.78 is 11.3. The van der Waals surface area contributed by atoms with Gasteiger partial charge in [-0.1, -0.05) is 36.4 Å². The first-order chi connectivity index (χ1) is 16.5. The highest BCUT2D eigenvalue weighted by atomic mass is 16.5. The molecular weight excluding hydrogens is 430 g/mol. The number of carbonyl (C=O) groups excluding carboxylic acids is 2. The topological polar surface area (TPSA) is 80.0 Å². The molecule has 1 aromatic heterocycles. The van der Waals surface area contributed by atoms with E-state index in [1.165, 1.54) is 11.2 Å². The van der Waals surface area contributed by atoms with Gasteiger partial charge in [0.25, 0.3) is 11.7 Å². The lowest BCUT2D eigenvalue weighted by molar-refractivity contribution is -0.132. The van der Waals surface area contributed by atoms with Crippen molar-refractivity contribution in [3.8, 4) is 5.75 Å². The number of benzene rings is 3. The van der Waals surface area contributed by atoms with Crippen LogP contribution in [0.5, 0.6) is 5.75 Å². The lowest BCUT2D eigenvalue weighted by Gasteiger charge is -2.24. The number of nitrogens with zero attached hydrogens (tertiary/aromatic N) is 1. The number of furan rings is 1. The maximum atomic E-state index is 13.3. The molecule has 0 radical (unpaired) electrons. The first-order valence-electron chi connectivity index (χ1n) is 11.0. The maximum Gasteiger partial charge on any atom is 0.300 e. The highest BCUT2D eigenvalue weighted by Gasteiger charge is 2.48. The van der Waals surface area contributed by atoms with Crippen LogP contribution in [0, 0.1) is 0 Å². The molecule has 5 rings (SSSR count). The summed E-state index contributed by atoms with van der Waals surface area (Å²) in [4.78, 5) is 28.0. The molecule has 170 valence electrons. The van der Waals surface area contributed by atoms with E-state index in [4.69, 9.17) is 9.15 Å². The lowest BCUT2D eigenvalue weighted by atomic mass is 9.98. The van der Waals surface area contributed by atoms with Crippen LogP contribution >= 0.6 is 0 Å². The minimum absolute atomic E-state index is 0.00409. The largest absolute Gasteiger partial charge is 0.507 e. The maximum absolute atomic E-state index is 13.3. The van der Waals surface area contributed by atoms with E-state index in [0.717, 1.165) is 10.8 Å². The van der Waals surface area contributed by atoms with Crippen molar-refractivity contribution >= 4 is 33.9 Å². The average molecular weight is 453 g/mol. The number of hydrogen-bond acceptors (Lipinski definition) is 5. The highest BCUT2D eigenvalue weighted by molar-refractivity contribution is 6.52. The third kappa shape index (κ3) is 3.63. The van der Waals surface area contributed by atoms with Crippen LogP contribution in [-0.2, 0) is 9.59 Å². The first-order valence-corrected chi connectivity index (χ1v) is 11.0. The molecule has 1 aliphatic rings. The number of anilines is 1. The smallest absolute Gasteiger partial charge is 0.300 e. The molecule has 1 fully saturated rings. The van der Waals surface area contributed by atoms with Gasteiger partial charge in [0.05, 0.1) is 23.6 Å². The third-order valence-electron chi connectivity index (χ3n) is 5.78. The van der Waals surface area contributed by atoms with Crippen LogP contribution < -0.4 is 9.64 Å². The van der Waals surface area contributed by atoms with Crippen LogP contribution in [0.1, 0.15) is 31.2 Å². The zero-order valence-electron chi connectivity index (χ0n) is 18.8. The van der Waals surface area contributed by atoms with E-state index < -0.39 is 17.7 Å². The van der Waals surface area contributed by atoms with Crippen molar-refractivity contribution in [1.82, 2.24) is 0 Å². The molecule has 6 heteroatoms. The predicted molar refractivity (Wildman–Crippen MR) is 130 cm³/mol. The Bertz CT molecular complexity index is 1400. The zero-order chi connectivity index (χ0) is 23.8. The predicted octanol–water partition coefficient (Wildman–Crippen LogP) is 5.85. The van der Waals surface area contributed by atoms with Gasteiger partial charge in [-0.25, -0.2) is 0 Å². The Kier molecular flexibility index (Phi) is 5.42. The summed E-state index contributed by atoms with van der Waals surface area (Å²) in [5.41, 5.74) is 0.954. The van der Waals surface area contributed by atoms with Crippen molar-refractivity contribution in [3.05, 3.63) is 102 Å². The number of rotatable bonds is 5. The van der Waals surface area contributed by atoms with Gasteiger partial charge in [0.15, 0.2) is 0 Å². The van der Waals surface area contributed by atoms with E-state index in [1.54, 1.807) is 42.5 Å². The van der Waals surface area contributed by atoms with Crippen molar-refractivity contribution in [2.24, 2.45) is 0 Å². The normalized spacial score (nSPS) is 17.6. The average Bonchev–Trinajstić information content (AvgIpc) is 3.45. The zero-order valence-corrected chi connectivity index (χ0v) is 18.8. The molecule has 1 amide bonds. The second-order valence-corrected chi connectivity index (χ2v) is 8.37. The molecule has 1 saturated heterocycles. The molecule has 3 aromatic carbocycles. The van der Waals surface area contributed by atoms with E-state index in [-0.39, 0.29) is 17.4 Å². The molecular formula is C28H23NO5. The summed E-state index contributed by atoms with van der Waals surface area (Å²) in [5, 5.41) is 13.0. The Morgan fingerprint density at radius 1 is 0.941 bits per heavy atom. The van der Waals surface area contributed by atoms with Crippen molar-refractivity contribution in [2.75, 3.05) is 4.90 Å². The summed E-state index contributed by atoms with van der Waals surface area (Å²) in [6, 6.07) is 22.5. The number of Topliss-reactive ketones (excluding diaryl/α,β-unsaturated/α-hetero) is 1. The molecule has 1 N–H and O–H groups in total. The molecule has 0 spiro atoms. The van der Waals surface area contributed by atoms with Crippen molar-refractivity contribution in [3.63, 3.8) is 0 Å². The quantitative estimate of drug-likeness (QED) is 0.233. The van der Waals surface area contributed by atoms with Crippen LogP contribution in [0.25, 0.3) is 16.5 Å². The molecule has 1 unspecified atom stereocenters. The Hall–Kier alpha value is -4.32. The Morgan fingerprint density at radius 2 is 1.68 bits per heavy atom. The van der Waals surface area contributed by atoms with Gasteiger partial charge in [0, 0.05) is 10.9 Å². The van der Waals surface area contributed by atoms with E-state index in [0.29, 0.717) is 22.8 Å². The molecule has 34 heavy (non-hydrogen) atoms. The fourth-order valence-corrected chi connectivity index (χ4v) is 4.33. The van der Waals surface area contributed by atoms with Gasteiger partial charge in [-0.05, 0) is 61.7 Å². The van der Waals surface area contributed by atoms with Crippen LogP contribution in [0.15, 0.2) is 95.1 Å². The van der Waals surface area contributed by atoms with Gasteiger partial charge >= 0.3 is 0 Å². The summed E-state index contributed by atoms with van der Waals surface area (Å²) in [6.45, 7) is 3.85. The standard InChI is InChI=1S/C28H23NO5/c1-17(2)34-20-14-12-19(13-15-20)26(30)24-25(23-11-6-16-33-23)29(28(32)27(24)31)22-10-5-8-18-7-3-4-9-21(18)22/h3-17,25,30H,1-2H3/b26-24-. The highest BCUT2D eigenvalue weighted by Crippen LogP contribution is 2.44. The van der Waals surface area contributed by atoms with Gasteiger partial charge in [0.1, 0.15) is 23.3 Å². The summed E-state index contributed by atoms with van der Waals surface area (Å²) in [6.07, 6.45) is 1.49. The van der Waals surface area contributed by atoms with Crippen molar-refractivity contribution in [1.29, 1.82) is 0 Å². The van der Waals surface area contributed by atoms with Crippen LogP contribution in [-0.4, -0.2) is 22.9 Å². The van der Waals surface area contributed by atoms with Crippen LogP contribution in [0.4, 0.5) is 5.69 Å². The molecule has 4 aromatic rings. The molecule has 1 atom stereocenters. The Balaban J connectivity index is 1.67. The van der Waals surface area contributed by atoms with Crippen molar-refractivity contribution < 1.29 is 23.8 Å². The molecule has 0 aliphatic carbocycles. The number of fused-ring (bicyclic) bond motifs is 1. The number of aliphatic hydroxyl groups is 1. The number of amides is 1. The van der Waals surface area contributed by atoms with E-state index in [1.807, 2.05) is 50.2 Å². The second kappa shape index (κ2) is 8.56. The Morgan fingerprint density at radius 3 is 2.38 bits per heavy atom. The monoisotopic (exact) mass is 453 g/mol. The SMILES string of the molecule is CC(C)Oc1ccc(/C(O)=C2/C(=O)C(=O)N(c3cccc4ccccc34)C2c2ccco2)cc1. The summed E-state index contributed by atoms with van der Waals surface area (Å²) >= 11 is 0. The number of hydrogen-bond donors (Lipinski definition) is 1. The number of carbonyl (C=O) groups is 2. The van der Waals surface area contributed by atoms with Gasteiger partial charge in [-0.2, -0.15) is 0 Å². The summed E-state index contributed by atoms with van der Waals surface area (Å²) in [5.74, 6) is -0.731. The van der Waals surface area contributed by atoms with Crippen LogP contribution in [0.2, 0.25) is 0 Å². The Labute approximate surface area is 196 Å². The third-order valence-corrected chi connectivity index (χ3v) is 5.78. The molecule has 0 saturated carbocycles. The number of aliphatic hydroxyl groups excluding tert-OH is 1.